The van der Waals surface area contributed by atoms with Crippen LogP contribution >= 0.6 is 11.8 Å². The Hall–Kier alpha value is -2.62. The van der Waals surface area contributed by atoms with Crippen LogP contribution in [0.25, 0.3) is 0 Å². The number of non-ortho nitro benzene ring substituents is 1. The highest BCUT2D eigenvalue weighted by Crippen LogP contribution is 2.26. The van der Waals surface area contributed by atoms with Gasteiger partial charge in [-0.25, -0.2) is 0 Å². The van der Waals surface area contributed by atoms with Gasteiger partial charge in [0.25, 0.3) is 5.03 Å². The van der Waals surface area contributed by atoms with E-state index in [0.29, 0.717) is 5.69 Å². The zero-order valence-electron chi connectivity index (χ0n) is 11.6. The van der Waals surface area contributed by atoms with Gasteiger partial charge >= 0.3 is 0 Å². The van der Waals surface area contributed by atoms with Crippen molar-refractivity contribution in [3.63, 3.8) is 0 Å². The van der Waals surface area contributed by atoms with Crippen molar-refractivity contribution >= 4 is 29.0 Å². The number of aromatic nitrogens is 2. The molecule has 2 aromatic rings. The molecule has 0 aliphatic rings. The van der Waals surface area contributed by atoms with E-state index in [0.717, 1.165) is 11.8 Å². The van der Waals surface area contributed by atoms with Crippen molar-refractivity contribution < 1.29 is 24.0 Å². The lowest BCUT2D eigenvalue weighted by Crippen LogP contribution is -2.33. The highest BCUT2D eigenvalue weighted by Gasteiger charge is 2.22. The molecule has 9 nitrogen and oxygen atoms in total. The minimum atomic E-state index is -0.617. The molecular formula is C12H11N4O5S-. The smallest absolute Gasteiger partial charge is 0.291 e. The first kappa shape index (κ1) is 15.8. The number of anilines is 1. The first-order valence-corrected chi connectivity index (χ1v) is 6.93. The summed E-state index contributed by atoms with van der Waals surface area (Å²) in [4.78, 5) is 22.0. The molecule has 1 atom stereocenters. The number of nitrogens with one attached hydrogen (secondary N) is 1. The lowest BCUT2D eigenvalue weighted by atomic mass is 10.3. The van der Waals surface area contributed by atoms with Crippen LogP contribution in [0.5, 0.6) is 5.95 Å². The van der Waals surface area contributed by atoms with Crippen molar-refractivity contribution in [2.45, 2.75) is 17.2 Å². The summed E-state index contributed by atoms with van der Waals surface area (Å²) in [5.74, 6) is -0.996. The molecule has 0 fully saturated rings. The average molecular weight is 323 g/mol. The zero-order chi connectivity index (χ0) is 16.3. The molecule has 10 heteroatoms. The Labute approximate surface area is 129 Å². The molecule has 1 N–H and O–H groups in total. The van der Waals surface area contributed by atoms with E-state index in [1.807, 2.05) is 0 Å². The molecule has 1 unspecified atom stereocenters. The van der Waals surface area contributed by atoms with Crippen LogP contribution < -0.4 is 15.1 Å². The van der Waals surface area contributed by atoms with Gasteiger partial charge in [0.05, 0.1) is 10.5 Å². The molecule has 1 aromatic carbocycles. The Morgan fingerprint density at radius 1 is 1.59 bits per heavy atom. The van der Waals surface area contributed by atoms with Crippen molar-refractivity contribution in [3.8, 4) is 5.95 Å². The first-order chi connectivity index (χ1) is 10.4. The number of aryl methyl sites for hydroxylation is 1. The number of nitro benzene ring substituents is 1. The number of thioether (sulfide) groups is 1. The summed E-state index contributed by atoms with van der Waals surface area (Å²) < 4.78 is 5.71. The van der Waals surface area contributed by atoms with E-state index >= 15 is 0 Å². The van der Waals surface area contributed by atoms with Crippen molar-refractivity contribution in [2.75, 3.05) is 5.32 Å². The third kappa shape index (κ3) is 3.52. The van der Waals surface area contributed by atoms with Crippen LogP contribution in [0, 0.1) is 16.2 Å². The normalized spacial score (nSPS) is 11.9. The van der Waals surface area contributed by atoms with E-state index in [1.54, 1.807) is 6.92 Å². The molecule has 116 valence electrons. The highest BCUT2D eigenvalue weighted by atomic mass is 32.2. The number of hydrogen-bond acceptors (Lipinski definition) is 7. The quantitative estimate of drug-likeness (QED) is 0.277. The van der Waals surface area contributed by atoms with E-state index in [-0.39, 0.29) is 16.6 Å². The van der Waals surface area contributed by atoms with E-state index < -0.39 is 16.1 Å². The maximum absolute atomic E-state index is 12.0. The van der Waals surface area contributed by atoms with Crippen LogP contribution in [0.15, 0.2) is 27.7 Å². The molecule has 2 rings (SSSR count). The van der Waals surface area contributed by atoms with Gasteiger partial charge in [-0.05, 0) is 18.7 Å². The number of hydrogen-bond donors (Lipinski definition) is 1. The molecular weight excluding hydrogens is 312 g/mol. The van der Waals surface area contributed by atoms with E-state index in [2.05, 4.69) is 21.2 Å². The number of nitrogens with zero attached hydrogens (tertiary/aromatic N) is 3. The van der Waals surface area contributed by atoms with Crippen LogP contribution in [-0.4, -0.2) is 21.4 Å². The lowest BCUT2D eigenvalue weighted by Gasteiger charge is -2.13. The predicted molar refractivity (Wildman–Crippen MR) is 73.0 cm³/mol. The van der Waals surface area contributed by atoms with Crippen molar-refractivity contribution in [1.82, 2.24) is 5.27 Å². The van der Waals surface area contributed by atoms with Crippen LogP contribution in [0.1, 0.15) is 6.92 Å². The second-order valence-corrected chi connectivity index (χ2v) is 5.59. The topological polar surface area (TPSA) is 125 Å². The molecule has 0 aliphatic carbocycles. The molecule has 0 spiro atoms. The van der Waals surface area contributed by atoms with E-state index in [4.69, 9.17) is 0 Å². The summed E-state index contributed by atoms with van der Waals surface area (Å²) in [7, 11) is 1.53. The SMILES string of the molecule is CC(Sc1c([O-])on[n+]1C)C(=O)Nc1[c-]cc([N+](=O)[O-])cc1. The summed E-state index contributed by atoms with van der Waals surface area (Å²) in [5, 5.41) is 27.5. The number of carbonyl (C=O) groups excluding carboxylic acids is 1. The number of rotatable bonds is 5. The zero-order valence-corrected chi connectivity index (χ0v) is 12.4. The monoisotopic (exact) mass is 323 g/mol. The van der Waals surface area contributed by atoms with Gasteiger partial charge in [-0.3, -0.25) is 14.9 Å². The summed E-state index contributed by atoms with van der Waals surface area (Å²) in [5.41, 5.74) is 0.188. The predicted octanol–water partition coefficient (Wildman–Crippen LogP) is 0.400. The van der Waals surface area contributed by atoms with Gasteiger partial charge in [-0.15, -0.1) is 6.07 Å². The first-order valence-electron chi connectivity index (χ1n) is 6.05. The highest BCUT2D eigenvalue weighted by molar-refractivity contribution is 8.00. The van der Waals surface area contributed by atoms with Gasteiger partial charge in [0, 0.05) is 4.92 Å². The van der Waals surface area contributed by atoms with Crippen molar-refractivity contribution in [2.24, 2.45) is 7.05 Å². The standard InChI is InChI=1S/C12H12N4O5S/c1-7(22-11-12(18)21-14-15(11)2)10(17)13-8-3-5-9(6-4-8)16(19)20/h3,5-7,18H,1-2H3,(H,13,17)/p-1. The molecule has 0 bridgehead atoms. The summed E-state index contributed by atoms with van der Waals surface area (Å²) in [6, 6.07) is 6.42. The minimum Gasteiger partial charge on any atom is -0.538 e. The molecule has 0 saturated carbocycles. The van der Waals surface area contributed by atoms with Gasteiger partial charge in [-0.2, -0.15) is 6.07 Å². The fourth-order valence-electron chi connectivity index (χ4n) is 1.49. The second-order valence-electron chi connectivity index (χ2n) is 4.26. The summed E-state index contributed by atoms with van der Waals surface area (Å²) >= 11 is 0.999. The Morgan fingerprint density at radius 2 is 2.32 bits per heavy atom. The molecule has 1 aromatic heterocycles. The fraction of sp³-hybridized carbons (Fsp3) is 0.250. The van der Waals surface area contributed by atoms with Gasteiger partial charge in [0.1, 0.15) is 0 Å². The Bertz CT molecular complexity index is 681. The summed E-state index contributed by atoms with van der Waals surface area (Å²) in [6.07, 6.45) is 0. The van der Waals surface area contributed by atoms with Gasteiger partial charge in [0.2, 0.25) is 5.91 Å². The Balaban J connectivity index is 2.01. The Kier molecular flexibility index (Phi) is 4.61. The number of carbonyl (C=O) groups is 1. The van der Waals surface area contributed by atoms with Crippen molar-refractivity contribution in [3.05, 3.63) is 34.4 Å². The number of amides is 1. The Morgan fingerprint density at radius 3 is 2.82 bits per heavy atom. The third-order valence-electron chi connectivity index (χ3n) is 2.64. The lowest BCUT2D eigenvalue weighted by molar-refractivity contribution is -0.772. The number of benzene rings is 1. The van der Waals surface area contributed by atoms with Crippen LogP contribution in [0.2, 0.25) is 0 Å². The van der Waals surface area contributed by atoms with Crippen molar-refractivity contribution in [1.29, 1.82) is 0 Å². The molecule has 0 aliphatic heterocycles. The largest absolute Gasteiger partial charge is 0.538 e. The molecule has 1 heterocycles. The van der Waals surface area contributed by atoms with Crippen LogP contribution in [0.3, 0.4) is 0 Å². The molecule has 0 saturated heterocycles. The molecule has 0 radical (unpaired) electrons. The fourth-order valence-corrected chi connectivity index (χ4v) is 2.31. The molecule has 1 amide bonds. The van der Waals surface area contributed by atoms with Crippen LogP contribution in [-0.2, 0) is 11.8 Å². The molecule has 22 heavy (non-hydrogen) atoms. The van der Waals surface area contributed by atoms with E-state index in [9.17, 15) is 20.0 Å². The van der Waals surface area contributed by atoms with E-state index in [1.165, 1.54) is 29.9 Å². The summed E-state index contributed by atoms with van der Waals surface area (Å²) in [6.45, 7) is 1.61. The van der Waals surface area contributed by atoms with Crippen LogP contribution in [0.4, 0.5) is 11.4 Å². The van der Waals surface area contributed by atoms with Gasteiger partial charge in [0.15, 0.2) is 18.7 Å². The van der Waals surface area contributed by atoms with Gasteiger partial charge < -0.3 is 14.9 Å². The minimum absolute atomic E-state index is 0.118. The number of nitro groups is 1. The third-order valence-corrected chi connectivity index (χ3v) is 3.86. The maximum atomic E-state index is 12.0. The average Bonchev–Trinajstić information content (AvgIpc) is 2.79. The van der Waals surface area contributed by atoms with Gasteiger partial charge in [-0.1, -0.05) is 22.5 Å². The second kappa shape index (κ2) is 6.43. The maximum Gasteiger partial charge on any atom is 0.291 e.